The fraction of sp³-hybridized carbons (Fsp3) is 0.136. The summed E-state index contributed by atoms with van der Waals surface area (Å²) < 4.78 is 64.7. The van der Waals surface area contributed by atoms with E-state index in [0.29, 0.717) is 31.3 Å². The number of Topliss-reactive ketones (excluding diaryl/α,β-unsaturated/α-hetero) is 4. The Labute approximate surface area is 326 Å². The van der Waals surface area contributed by atoms with E-state index in [9.17, 15) is 36.7 Å². The Morgan fingerprint density at radius 3 is 1.43 bits per heavy atom. The maximum atomic E-state index is 14.0. The van der Waals surface area contributed by atoms with Crippen LogP contribution in [0.2, 0.25) is 0 Å². The second kappa shape index (κ2) is 11.7. The van der Waals surface area contributed by atoms with Crippen molar-refractivity contribution in [2.45, 2.75) is 37.7 Å². The molecule has 4 aliphatic rings. The molecule has 4 aromatic carbocycles. The molecule has 0 N–H and O–H groups in total. The molecular formula is C44H22F4O5S3. The van der Waals surface area contributed by atoms with Crippen LogP contribution >= 0.6 is 34.0 Å². The lowest BCUT2D eigenvalue weighted by Gasteiger charge is -2.40. The van der Waals surface area contributed by atoms with Crippen molar-refractivity contribution in [3.8, 4) is 15.5 Å². The second-order valence-electron chi connectivity index (χ2n) is 14.6. The largest absolute Gasteiger partial charge is 0.479 e. The van der Waals surface area contributed by atoms with Gasteiger partial charge in [0.05, 0.1) is 30.3 Å². The average Bonchev–Trinajstić information content (AvgIpc) is 3.96. The van der Waals surface area contributed by atoms with Crippen LogP contribution in [0.4, 0.5) is 17.6 Å². The summed E-state index contributed by atoms with van der Waals surface area (Å²) in [5, 5.41) is 1.30. The maximum absolute atomic E-state index is 14.0. The summed E-state index contributed by atoms with van der Waals surface area (Å²) in [4.78, 5) is 57.5. The van der Waals surface area contributed by atoms with Crippen molar-refractivity contribution in [1.29, 1.82) is 0 Å². The van der Waals surface area contributed by atoms with Gasteiger partial charge in [0.15, 0.2) is 52.2 Å². The van der Waals surface area contributed by atoms with Gasteiger partial charge in [-0.3, -0.25) is 19.2 Å². The Morgan fingerprint density at radius 1 is 0.518 bits per heavy atom. The van der Waals surface area contributed by atoms with Gasteiger partial charge in [0.25, 0.3) is 0 Å². The van der Waals surface area contributed by atoms with Crippen LogP contribution in [0.5, 0.6) is 5.75 Å². The SMILES string of the molecule is O=C1C(=Cc2cc3c(s2)-c2sc4cc(C=C5C(=O)c6cc7cc(F)c(F)cc7cc6C5=O)sc4c2OC32CCCCC2)C(=O)c2cc3cc(F)c(F)cc3cc21. The Hall–Kier alpha value is -5.56. The number of carbonyl (C=O) groups excluding carboxylic acids is 4. The number of allylic oxidation sites excluding steroid dienone is 2. The third-order valence-corrected chi connectivity index (χ3v) is 14.9. The predicted octanol–water partition coefficient (Wildman–Crippen LogP) is 12.0. The van der Waals surface area contributed by atoms with Crippen LogP contribution < -0.4 is 4.74 Å². The van der Waals surface area contributed by atoms with Crippen LogP contribution in [0.1, 0.15) is 88.9 Å². The molecule has 0 atom stereocenters. The lowest BCUT2D eigenvalue weighted by Crippen LogP contribution is -2.37. The van der Waals surface area contributed by atoms with Gasteiger partial charge in [-0.2, -0.15) is 0 Å². The molecule has 4 heterocycles. The highest BCUT2D eigenvalue weighted by Crippen LogP contribution is 2.60. The standard InChI is InChI=1S/C44H22F4O5S3/c45-31-10-18-6-24-25(7-19(18)11-32(31)46)37(50)28(36(24)49)14-22-16-30-41(54-22)43-40(53-44(30)4-2-1-3-5-44)42-35(56-43)17-23(55-42)15-29-38(51)26-8-20-12-33(47)34(48)13-21(20)9-27(26)39(29)52/h6-17H,1-5H2. The molecule has 3 aromatic heterocycles. The topological polar surface area (TPSA) is 77.5 Å². The van der Waals surface area contributed by atoms with Gasteiger partial charge in [-0.1, -0.05) is 6.42 Å². The molecule has 7 aromatic rings. The van der Waals surface area contributed by atoms with E-state index in [1.807, 2.05) is 12.1 Å². The molecule has 56 heavy (non-hydrogen) atoms. The Kier molecular flexibility index (Phi) is 7.07. The predicted molar refractivity (Wildman–Crippen MR) is 209 cm³/mol. The molecule has 0 saturated heterocycles. The summed E-state index contributed by atoms with van der Waals surface area (Å²) in [5.74, 6) is -5.31. The molecular weight excluding hydrogens is 781 g/mol. The van der Waals surface area contributed by atoms with Gasteiger partial charge in [-0.25, -0.2) is 17.6 Å². The van der Waals surface area contributed by atoms with E-state index in [-0.39, 0.29) is 33.4 Å². The van der Waals surface area contributed by atoms with E-state index < -0.39 is 52.0 Å². The first kappa shape index (κ1) is 33.8. The molecule has 3 aliphatic carbocycles. The highest BCUT2D eigenvalue weighted by molar-refractivity contribution is 7.32. The number of rotatable bonds is 2. The highest BCUT2D eigenvalue weighted by Gasteiger charge is 2.45. The number of hydrogen-bond donors (Lipinski definition) is 0. The van der Waals surface area contributed by atoms with Crippen LogP contribution in [0.15, 0.2) is 71.8 Å². The number of carbonyl (C=O) groups is 4. The Bertz CT molecular complexity index is 2990. The fourth-order valence-corrected chi connectivity index (χ4v) is 12.4. The summed E-state index contributed by atoms with van der Waals surface area (Å²) in [6.07, 6.45) is 7.71. The van der Waals surface area contributed by atoms with E-state index in [2.05, 4.69) is 0 Å². The van der Waals surface area contributed by atoms with Crippen molar-refractivity contribution in [3.63, 3.8) is 0 Å². The summed E-state index contributed by atoms with van der Waals surface area (Å²) in [7, 11) is 0. The van der Waals surface area contributed by atoms with E-state index in [1.54, 1.807) is 12.2 Å². The first-order chi connectivity index (χ1) is 27.0. The van der Waals surface area contributed by atoms with Gasteiger partial charge in [0, 0.05) is 37.6 Å². The molecule has 1 saturated carbocycles. The lowest BCUT2D eigenvalue weighted by molar-refractivity contribution is 0.0267. The zero-order chi connectivity index (χ0) is 38.4. The number of thiophene rings is 3. The summed E-state index contributed by atoms with van der Waals surface area (Å²) in [6.45, 7) is 0. The first-order valence-corrected chi connectivity index (χ1v) is 20.3. The van der Waals surface area contributed by atoms with Gasteiger partial charge in [-0.05, 0) is 120 Å². The van der Waals surface area contributed by atoms with Gasteiger partial charge in [0.1, 0.15) is 5.60 Å². The Morgan fingerprint density at radius 2 is 0.964 bits per heavy atom. The molecule has 5 nitrogen and oxygen atoms in total. The normalized spacial score (nSPS) is 16.9. The number of benzene rings is 4. The van der Waals surface area contributed by atoms with Crippen LogP contribution in [-0.4, -0.2) is 23.1 Å². The molecule has 0 bridgehead atoms. The number of hydrogen-bond acceptors (Lipinski definition) is 8. The van der Waals surface area contributed by atoms with Crippen molar-refractivity contribution < 1.29 is 41.5 Å². The van der Waals surface area contributed by atoms with E-state index in [0.717, 1.165) is 86.8 Å². The molecule has 0 unspecified atom stereocenters. The average molecular weight is 803 g/mol. The third kappa shape index (κ3) is 4.75. The van der Waals surface area contributed by atoms with Crippen LogP contribution in [0.3, 0.4) is 0 Å². The highest BCUT2D eigenvalue weighted by atomic mass is 32.1. The molecule has 1 aliphatic heterocycles. The van der Waals surface area contributed by atoms with Crippen molar-refractivity contribution >= 4 is 100 Å². The van der Waals surface area contributed by atoms with Gasteiger partial charge < -0.3 is 4.74 Å². The minimum atomic E-state index is -1.04. The zero-order valence-electron chi connectivity index (χ0n) is 28.7. The first-order valence-electron chi connectivity index (χ1n) is 17.8. The number of halogens is 4. The van der Waals surface area contributed by atoms with E-state index >= 15 is 0 Å². The molecule has 12 heteroatoms. The maximum Gasteiger partial charge on any atom is 0.197 e. The molecule has 1 spiro atoms. The number of ketones is 4. The minimum absolute atomic E-state index is 0.0101. The minimum Gasteiger partial charge on any atom is -0.479 e. The van der Waals surface area contributed by atoms with E-state index in [4.69, 9.17) is 4.74 Å². The van der Waals surface area contributed by atoms with Crippen molar-refractivity contribution in [3.05, 3.63) is 133 Å². The van der Waals surface area contributed by atoms with Gasteiger partial charge in [0.2, 0.25) is 0 Å². The van der Waals surface area contributed by atoms with Crippen LogP contribution in [-0.2, 0) is 5.60 Å². The fourth-order valence-electron chi connectivity index (χ4n) is 8.61. The summed E-state index contributed by atoms with van der Waals surface area (Å²) in [5.41, 5.74) is 0.973. The van der Waals surface area contributed by atoms with Gasteiger partial charge >= 0.3 is 0 Å². The quantitative estimate of drug-likeness (QED) is 0.0988. The smallest absolute Gasteiger partial charge is 0.197 e. The zero-order valence-corrected chi connectivity index (χ0v) is 31.2. The number of fused-ring (bicyclic) bond motifs is 10. The van der Waals surface area contributed by atoms with Crippen molar-refractivity contribution in [1.82, 2.24) is 0 Å². The van der Waals surface area contributed by atoms with Crippen LogP contribution in [0, 0.1) is 23.3 Å². The molecule has 0 amide bonds. The summed E-state index contributed by atoms with van der Waals surface area (Å²) >= 11 is 4.40. The molecule has 0 radical (unpaired) electrons. The summed E-state index contributed by atoms with van der Waals surface area (Å²) in [6, 6.07) is 13.8. The lowest BCUT2D eigenvalue weighted by atomic mass is 9.78. The molecule has 1 fully saturated rings. The third-order valence-electron chi connectivity index (χ3n) is 11.3. The molecule has 274 valence electrons. The van der Waals surface area contributed by atoms with Gasteiger partial charge in [-0.15, -0.1) is 34.0 Å². The molecule has 11 rings (SSSR count). The van der Waals surface area contributed by atoms with Crippen molar-refractivity contribution in [2.75, 3.05) is 0 Å². The number of ether oxygens (including phenoxy) is 1. The second-order valence-corrected chi connectivity index (χ2v) is 17.8. The van der Waals surface area contributed by atoms with Crippen molar-refractivity contribution in [2.24, 2.45) is 0 Å². The monoisotopic (exact) mass is 802 g/mol. The van der Waals surface area contributed by atoms with Crippen LogP contribution in [0.25, 0.3) is 52.9 Å². The Balaban J connectivity index is 0.974. The van der Waals surface area contributed by atoms with E-state index in [1.165, 1.54) is 58.3 Å².